The van der Waals surface area contributed by atoms with Gasteiger partial charge in [0.25, 0.3) is 0 Å². The molecule has 0 fully saturated rings. The zero-order valence-electron chi connectivity index (χ0n) is 17.9. The zero-order valence-corrected chi connectivity index (χ0v) is 18.6. The maximum Gasteiger partial charge on any atom is 0.236 e. The molecule has 3 rings (SSSR count). The Labute approximate surface area is 178 Å². The summed E-state index contributed by atoms with van der Waals surface area (Å²) in [4.78, 5) is 19.6. The van der Waals surface area contributed by atoms with E-state index in [1.807, 2.05) is 38.1 Å². The van der Waals surface area contributed by atoms with Gasteiger partial charge in [0.2, 0.25) is 5.91 Å². The van der Waals surface area contributed by atoms with Crippen LogP contribution in [0.2, 0.25) is 5.15 Å². The number of pyridine rings is 1. The Morgan fingerprint density at radius 1 is 0.966 bits per heavy atom. The van der Waals surface area contributed by atoms with Crippen molar-refractivity contribution in [2.75, 3.05) is 11.9 Å². The van der Waals surface area contributed by atoms with Crippen LogP contribution in [0, 0.1) is 20.8 Å². The number of hydrogen-bond acceptors (Lipinski definition) is 2. The lowest BCUT2D eigenvalue weighted by Crippen LogP contribution is -2.41. The van der Waals surface area contributed by atoms with E-state index in [0.29, 0.717) is 5.15 Å². The number of carbonyl (C=O) groups is 1. The molecule has 0 saturated heterocycles. The van der Waals surface area contributed by atoms with Gasteiger partial charge in [-0.15, -0.1) is 0 Å². The van der Waals surface area contributed by atoms with Crippen LogP contribution in [-0.4, -0.2) is 17.9 Å². The van der Waals surface area contributed by atoms with Gasteiger partial charge in [0.1, 0.15) is 5.15 Å². The molecule has 4 heteroatoms. The Morgan fingerprint density at radius 3 is 2.21 bits per heavy atom. The quantitative estimate of drug-likeness (QED) is 0.478. The van der Waals surface area contributed by atoms with Crippen molar-refractivity contribution in [1.82, 2.24) is 4.98 Å². The van der Waals surface area contributed by atoms with Crippen LogP contribution in [0.15, 0.2) is 54.7 Å². The van der Waals surface area contributed by atoms with E-state index < -0.39 is 5.41 Å². The number of amides is 1. The van der Waals surface area contributed by atoms with Crippen molar-refractivity contribution in [3.63, 3.8) is 0 Å². The minimum Gasteiger partial charge on any atom is -0.313 e. The summed E-state index contributed by atoms with van der Waals surface area (Å²) in [6.45, 7) is 10.1. The number of rotatable bonds is 4. The highest BCUT2D eigenvalue weighted by molar-refractivity contribution is 6.29. The zero-order chi connectivity index (χ0) is 21.3. The SMILES string of the molecule is Cc1cc(C)cc(C(C)(C)C(=O)N(C)c2cnc(Cl)cc2-c2ccccc2C)c1. The summed E-state index contributed by atoms with van der Waals surface area (Å²) < 4.78 is 0. The van der Waals surface area contributed by atoms with Crippen molar-refractivity contribution in [2.45, 2.75) is 40.0 Å². The molecule has 0 N–H and O–H groups in total. The number of likely N-dealkylation sites (N-methyl/N-ethyl adjacent to an activating group) is 1. The lowest BCUT2D eigenvalue weighted by atomic mass is 9.81. The second-order valence-electron chi connectivity index (χ2n) is 8.20. The van der Waals surface area contributed by atoms with Crippen molar-refractivity contribution in [3.8, 4) is 11.1 Å². The minimum atomic E-state index is -0.686. The van der Waals surface area contributed by atoms with Gasteiger partial charge in [-0.3, -0.25) is 4.79 Å². The first-order valence-electron chi connectivity index (χ1n) is 9.69. The Morgan fingerprint density at radius 2 is 1.59 bits per heavy atom. The Bertz CT molecular complexity index is 1050. The van der Waals surface area contributed by atoms with Crippen LogP contribution in [0.5, 0.6) is 0 Å². The molecule has 0 aliphatic carbocycles. The molecule has 0 aliphatic heterocycles. The smallest absolute Gasteiger partial charge is 0.236 e. The van der Waals surface area contributed by atoms with Crippen molar-refractivity contribution in [3.05, 3.63) is 82.1 Å². The predicted octanol–water partition coefficient (Wildman–Crippen LogP) is 6.27. The van der Waals surface area contributed by atoms with E-state index in [1.165, 1.54) is 0 Å². The van der Waals surface area contributed by atoms with Gasteiger partial charge in [-0.05, 0) is 57.4 Å². The van der Waals surface area contributed by atoms with Gasteiger partial charge in [-0.1, -0.05) is 65.2 Å². The first kappa shape index (κ1) is 21.1. The molecule has 1 heterocycles. The van der Waals surface area contributed by atoms with Gasteiger partial charge >= 0.3 is 0 Å². The molecule has 1 aromatic heterocycles. The van der Waals surface area contributed by atoms with Gasteiger partial charge in [-0.25, -0.2) is 4.98 Å². The molecule has 29 heavy (non-hydrogen) atoms. The van der Waals surface area contributed by atoms with Crippen LogP contribution in [0.1, 0.15) is 36.1 Å². The fourth-order valence-corrected chi connectivity index (χ4v) is 3.93. The second-order valence-corrected chi connectivity index (χ2v) is 8.59. The number of aromatic nitrogens is 1. The first-order chi connectivity index (χ1) is 13.6. The van der Waals surface area contributed by atoms with Crippen LogP contribution in [0.25, 0.3) is 11.1 Å². The molecule has 3 nitrogen and oxygen atoms in total. The molecule has 2 aromatic carbocycles. The van der Waals surface area contributed by atoms with Crippen molar-refractivity contribution < 1.29 is 4.79 Å². The normalized spacial score (nSPS) is 11.4. The van der Waals surface area contributed by atoms with E-state index in [0.717, 1.165) is 39.1 Å². The summed E-state index contributed by atoms with van der Waals surface area (Å²) in [6, 6.07) is 16.2. The second kappa shape index (κ2) is 8.00. The van der Waals surface area contributed by atoms with E-state index >= 15 is 0 Å². The number of hydrogen-bond donors (Lipinski definition) is 0. The number of benzene rings is 2. The van der Waals surface area contributed by atoms with Crippen molar-refractivity contribution >= 4 is 23.2 Å². The van der Waals surface area contributed by atoms with Gasteiger partial charge in [-0.2, -0.15) is 0 Å². The van der Waals surface area contributed by atoms with Crippen LogP contribution < -0.4 is 4.90 Å². The van der Waals surface area contributed by atoms with Crippen LogP contribution in [-0.2, 0) is 10.2 Å². The third-order valence-electron chi connectivity index (χ3n) is 5.43. The Kier molecular flexibility index (Phi) is 5.81. The number of anilines is 1. The molecule has 0 atom stereocenters. The summed E-state index contributed by atoms with van der Waals surface area (Å²) in [5.74, 6) is 0.00135. The van der Waals surface area contributed by atoms with Crippen LogP contribution in [0.4, 0.5) is 5.69 Å². The van der Waals surface area contributed by atoms with E-state index in [2.05, 4.69) is 50.0 Å². The van der Waals surface area contributed by atoms with Crippen LogP contribution in [0.3, 0.4) is 0 Å². The molecular formula is C25H27ClN2O. The molecule has 0 bridgehead atoms. The van der Waals surface area contributed by atoms with E-state index in [1.54, 1.807) is 18.1 Å². The monoisotopic (exact) mass is 406 g/mol. The molecule has 0 unspecified atom stereocenters. The summed E-state index contributed by atoms with van der Waals surface area (Å²) >= 11 is 6.21. The number of halogens is 1. The average Bonchev–Trinajstić information content (AvgIpc) is 2.66. The highest BCUT2D eigenvalue weighted by Gasteiger charge is 2.34. The summed E-state index contributed by atoms with van der Waals surface area (Å²) in [5, 5.41) is 0.404. The summed E-state index contributed by atoms with van der Waals surface area (Å²) in [5.41, 5.74) is 6.41. The molecule has 1 amide bonds. The van der Waals surface area contributed by atoms with Crippen molar-refractivity contribution in [2.24, 2.45) is 0 Å². The number of nitrogens with zero attached hydrogens (tertiary/aromatic N) is 2. The third kappa shape index (κ3) is 4.20. The molecule has 0 radical (unpaired) electrons. The molecule has 0 saturated carbocycles. The minimum absolute atomic E-state index is 0.00135. The number of carbonyl (C=O) groups excluding carboxylic acids is 1. The highest BCUT2D eigenvalue weighted by atomic mass is 35.5. The molecule has 0 spiro atoms. The highest BCUT2D eigenvalue weighted by Crippen LogP contribution is 2.36. The standard InChI is InChI=1S/C25H27ClN2O/c1-16-11-17(2)13-19(12-16)25(4,5)24(29)28(6)22-15-27-23(26)14-21(22)20-10-8-7-9-18(20)3/h7-15H,1-6H3. The van der Waals surface area contributed by atoms with Crippen LogP contribution >= 0.6 is 11.6 Å². The van der Waals surface area contributed by atoms with Gasteiger partial charge in [0.15, 0.2) is 0 Å². The molecule has 150 valence electrons. The van der Waals surface area contributed by atoms with Crippen molar-refractivity contribution in [1.29, 1.82) is 0 Å². The molecular weight excluding hydrogens is 380 g/mol. The van der Waals surface area contributed by atoms with Gasteiger partial charge in [0, 0.05) is 12.6 Å². The van der Waals surface area contributed by atoms with E-state index in [4.69, 9.17) is 11.6 Å². The van der Waals surface area contributed by atoms with Gasteiger partial charge in [0.05, 0.1) is 17.3 Å². The molecule has 0 aliphatic rings. The lowest BCUT2D eigenvalue weighted by molar-refractivity contribution is -0.122. The number of aryl methyl sites for hydroxylation is 3. The fraction of sp³-hybridized carbons (Fsp3) is 0.280. The van der Waals surface area contributed by atoms with E-state index in [9.17, 15) is 4.79 Å². The largest absolute Gasteiger partial charge is 0.313 e. The first-order valence-corrected chi connectivity index (χ1v) is 10.1. The summed E-state index contributed by atoms with van der Waals surface area (Å²) in [7, 11) is 1.80. The lowest BCUT2D eigenvalue weighted by Gasteiger charge is -2.31. The predicted molar refractivity (Wildman–Crippen MR) is 122 cm³/mol. The molecule has 3 aromatic rings. The average molecular weight is 407 g/mol. The maximum atomic E-state index is 13.6. The fourth-order valence-electron chi connectivity index (χ4n) is 3.77. The Hall–Kier alpha value is -2.65. The Balaban J connectivity index is 2.07. The van der Waals surface area contributed by atoms with E-state index in [-0.39, 0.29) is 5.91 Å². The summed E-state index contributed by atoms with van der Waals surface area (Å²) in [6.07, 6.45) is 1.68. The van der Waals surface area contributed by atoms with Gasteiger partial charge < -0.3 is 4.90 Å². The maximum absolute atomic E-state index is 13.6. The third-order valence-corrected chi connectivity index (χ3v) is 5.64. The topological polar surface area (TPSA) is 33.2 Å².